The number of nitrogens with one attached hydrogen (secondary N) is 1. The highest BCUT2D eigenvalue weighted by molar-refractivity contribution is 7.99. The van der Waals surface area contributed by atoms with Gasteiger partial charge in [0.15, 0.2) is 11.5 Å². The van der Waals surface area contributed by atoms with E-state index in [4.69, 9.17) is 14.2 Å². The number of aromatic nitrogens is 1. The van der Waals surface area contributed by atoms with Crippen molar-refractivity contribution in [2.24, 2.45) is 0 Å². The Morgan fingerprint density at radius 2 is 2.07 bits per heavy atom. The van der Waals surface area contributed by atoms with E-state index in [1.807, 2.05) is 42.1 Å². The van der Waals surface area contributed by atoms with Gasteiger partial charge in [-0.15, -0.1) is 0 Å². The Morgan fingerprint density at radius 3 is 2.83 bits per heavy atom. The molecule has 2 heterocycles. The van der Waals surface area contributed by atoms with Crippen LogP contribution in [0, 0.1) is 0 Å². The van der Waals surface area contributed by atoms with E-state index >= 15 is 0 Å². The van der Waals surface area contributed by atoms with Crippen molar-refractivity contribution < 1.29 is 19.3 Å². The van der Waals surface area contributed by atoms with Gasteiger partial charge in [-0.2, -0.15) is 11.8 Å². The summed E-state index contributed by atoms with van der Waals surface area (Å²) < 4.78 is 16.9. The first-order chi connectivity index (χ1) is 14.7. The fraction of sp³-hybridized carbons (Fsp3) is 0.500. The van der Waals surface area contributed by atoms with Gasteiger partial charge in [-0.05, 0) is 29.8 Å². The van der Waals surface area contributed by atoms with Gasteiger partial charge in [0.25, 0.3) is 0 Å². The first-order valence-corrected chi connectivity index (χ1v) is 11.4. The first kappa shape index (κ1) is 22.7. The number of aliphatic hydroxyl groups excluding tert-OH is 1. The van der Waals surface area contributed by atoms with Crippen LogP contribution in [0.5, 0.6) is 17.2 Å². The van der Waals surface area contributed by atoms with Gasteiger partial charge >= 0.3 is 0 Å². The SMILES string of the molecule is COc1cc(CNCCOc2cccnc2)ccc1OCC(O)CN1CCSCC1. The lowest BCUT2D eigenvalue weighted by molar-refractivity contribution is 0.0705. The number of methoxy groups -OCH3 is 1. The minimum absolute atomic E-state index is 0.253. The Morgan fingerprint density at radius 1 is 1.20 bits per heavy atom. The number of benzene rings is 1. The van der Waals surface area contributed by atoms with Gasteiger partial charge in [0.2, 0.25) is 0 Å². The molecule has 8 heteroatoms. The number of pyridine rings is 1. The molecule has 0 spiro atoms. The van der Waals surface area contributed by atoms with Gasteiger partial charge in [0.1, 0.15) is 25.1 Å². The zero-order valence-corrected chi connectivity index (χ0v) is 18.3. The lowest BCUT2D eigenvalue weighted by Gasteiger charge is -2.28. The minimum Gasteiger partial charge on any atom is -0.493 e. The number of aliphatic hydroxyl groups is 1. The third-order valence-electron chi connectivity index (χ3n) is 4.74. The number of hydrogen-bond donors (Lipinski definition) is 2. The monoisotopic (exact) mass is 433 g/mol. The number of thioether (sulfide) groups is 1. The van der Waals surface area contributed by atoms with Crippen LogP contribution >= 0.6 is 11.8 Å². The largest absolute Gasteiger partial charge is 0.493 e. The molecule has 1 aromatic heterocycles. The van der Waals surface area contributed by atoms with Crippen molar-refractivity contribution >= 4 is 11.8 Å². The number of ether oxygens (including phenoxy) is 3. The van der Waals surface area contributed by atoms with Crippen LogP contribution < -0.4 is 19.5 Å². The predicted molar refractivity (Wildman–Crippen MR) is 120 cm³/mol. The van der Waals surface area contributed by atoms with Crippen molar-refractivity contribution in [1.29, 1.82) is 0 Å². The Kier molecular flexibility index (Phi) is 9.56. The normalized spacial score (nSPS) is 15.5. The van der Waals surface area contributed by atoms with Crippen molar-refractivity contribution in [3.8, 4) is 17.2 Å². The van der Waals surface area contributed by atoms with E-state index in [-0.39, 0.29) is 6.61 Å². The van der Waals surface area contributed by atoms with Crippen LogP contribution in [0.1, 0.15) is 5.56 Å². The van der Waals surface area contributed by atoms with Crippen molar-refractivity contribution in [1.82, 2.24) is 15.2 Å². The molecule has 1 fully saturated rings. The maximum Gasteiger partial charge on any atom is 0.161 e. The second kappa shape index (κ2) is 12.6. The molecular weight excluding hydrogens is 402 g/mol. The summed E-state index contributed by atoms with van der Waals surface area (Å²) in [5, 5.41) is 13.6. The molecule has 2 aromatic rings. The molecule has 2 N–H and O–H groups in total. The lowest BCUT2D eigenvalue weighted by atomic mass is 10.2. The zero-order chi connectivity index (χ0) is 21.0. The molecule has 0 saturated carbocycles. The van der Waals surface area contributed by atoms with Crippen LogP contribution in [0.2, 0.25) is 0 Å². The molecule has 1 aliphatic rings. The molecule has 1 atom stereocenters. The second-order valence-corrected chi connectivity index (χ2v) is 8.30. The third-order valence-corrected chi connectivity index (χ3v) is 5.69. The van der Waals surface area contributed by atoms with Crippen molar-refractivity contribution in [2.75, 3.05) is 58.0 Å². The van der Waals surface area contributed by atoms with Crippen LogP contribution in [0.4, 0.5) is 0 Å². The van der Waals surface area contributed by atoms with E-state index in [1.54, 1.807) is 19.5 Å². The summed E-state index contributed by atoms with van der Waals surface area (Å²) in [5.41, 5.74) is 1.09. The highest BCUT2D eigenvalue weighted by atomic mass is 32.2. The molecule has 0 bridgehead atoms. The molecule has 1 saturated heterocycles. The summed E-state index contributed by atoms with van der Waals surface area (Å²) >= 11 is 1.96. The zero-order valence-electron chi connectivity index (χ0n) is 17.5. The number of nitrogens with zero attached hydrogens (tertiary/aromatic N) is 2. The summed E-state index contributed by atoms with van der Waals surface area (Å²) in [6.07, 6.45) is 2.91. The van der Waals surface area contributed by atoms with E-state index in [9.17, 15) is 5.11 Å². The summed E-state index contributed by atoms with van der Waals surface area (Å²) in [4.78, 5) is 6.31. The van der Waals surface area contributed by atoms with Crippen molar-refractivity contribution in [3.05, 3.63) is 48.3 Å². The van der Waals surface area contributed by atoms with Crippen LogP contribution in [0.15, 0.2) is 42.7 Å². The Bertz CT molecular complexity index is 744. The standard InChI is InChI=1S/C22H31N3O4S/c1-27-22-13-18(14-24-7-10-28-20-3-2-6-23-15-20)4-5-21(22)29-17-19(26)16-25-8-11-30-12-9-25/h2-6,13,15,19,24,26H,7-12,14,16-17H2,1H3. The molecule has 0 radical (unpaired) electrons. The second-order valence-electron chi connectivity index (χ2n) is 7.08. The van der Waals surface area contributed by atoms with Gasteiger partial charge in [-0.1, -0.05) is 6.07 Å². The highest BCUT2D eigenvalue weighted by Gasteiger charge is 2.16. The van der Waals surface area contributed by atoms with Crippen LogP contribution in [-0.2, 0) is 6.54 Å². The van der Waals surface area contributed by atoms with Crippen LogP contribution in [0.3, 0.4) is 0 Å². The first-order valence-electron chi connectivity index (χ1n) is 10.3. The van der Waals surface area contributed by atoms with E-state index in [0.29, 0.717) is 31.2 Å². The average molecular weight is 434 g/mol. The molecule has 7 nitrogen and oxygen atoms in total. The third kappa shape index (κ3) is 7.68. The lowest BCUT2D eigenvalue weighted by Crippen LogP contribution is -2.40. The molecular formula is C22H31N3O4S. The minimum atomic E-state index is -0.515. The molecule has 0 aliphatic carbocycles. The average Bonchev–Trinajstić information content (AvgIpc) is 2.79. The summed E-state index contributed by atoms with van der Waals surface area (Å²) in [6.45, 7) is 4.94. The van der Waals surface area contributed by atoms with Crippen molar-refractivity contribution in [2.45, 2.75) is 12.6 Å². The van der Waals surface area contributed by atoms with E-state index in [1.165, 1.54) is 0 Å². The van der Waals surface area contributed by atoms with Crippen LogP contribution in [0.25, 0.3) is 0 Å². The topological polar surface area (TPSA) is 76.1 Å². The highest BCUT2D eigenvalue weighted by Crippen LogP contribution is 2.28. The Hall–Kier alpha value is -2.00. The van der Waals surface area contributed by atoms with Gasteiger partial charge in [-0.3, -0.25) is 9.88 Å². The fourth-order valence-corrected chi connectivity index (χ4v) is 4.15. The molecule has 1 aromatic carbocycles. The van der Waals surface area contributed by atoms with Gasteiger partial charge < -0.3 is 24.6 Å². The number of β-amino-alcohol motifs (C(OH)–C–C–N with tert-alkyl or cyclic N) is 1. The van der Waals surface area contributed by atoms with Crippen LogP contribution in [-0.4, -0.2) is 79.1 Å². The quantitative estimate of drug-likeness (QED) is 0.493. The summed E-state index contributed by atoms with van der Waals surface area (Å²) in [7, 11) is 1.63. The smallest absolute Gasteiger partial charge is 0.161 e. The van der Waals surface area contributed by atoms with Gasteiger partial charge in [0.05, 0.1) is 13.3 Å². The molecule has 3 rings (SSSR count). The fourth-order valence-electron chi connectivity index (χ4n) is 3.17. The molecule has 164 valence electrons. The number of rotatable bonds is 12. The molecule has 1 aliphatic heterocycles. The molecule has 0 amide bonds. The Labute approximate surface area is 182 Å². The van der Waals surface area contributed by atoms with E-state index in [0.717, 1.165) is 42.5 Å². The van der Waals surface area contributed by atoms with Gasteiger partial charge in [-0.25, -0.2) is 0 Å². The maximum absolute atomic E-state index is 10.3. The maximum atomic E-state index is 10.3. The summed E-state index contributed by atoms with van der Waals surface area (Å²) in [5.74, 6) is 4.35. The number of hydrogen-bond acceptors (Lipinski definition) is 8. The summed E-state index contributed by atoms with van der Waals surface area (Å²) in [6, 6.07) is 9.59. The van der Waals surface area contributed by atoms with E-state index in [2.05, 4.69) is 15.2 Å². The van der Waals surface area contributed by atoms with Crippen molar-refractivity contribution in [3.63, 3.8) is 0 Å². The predicted octanol–water partition coefficient (Wildman–Crippen LogP) is 2.05. The van der Waals surface area contributed by atoms with E-state index < -0.39 is 6.10 Å². The van der Waals surface area contributed by atoms with Gasteiger partial charge in [0, 0.05) is 50.4 Å². The Balaban J connectivity index is 1.39. The molecule has 1 unspecified atom stereocenters. The molecule has 30 heavy (non-hydrogen) atoms.